The summed E-state index contributed by atoms with van der Waals surface area (Å²) in [6, 6.07) is 22.3. The molecule has 0 unspecified atom stereocenters. The summed E-state index contributed by atoms with van der Waals surface area (Å²) < 4.78 is 10.8. The molecule has 1 heterocycles. The molecule has 0 aliphatic rings. The molecule has 1 aromatic heterocycles. The number of anilines is 1. The Morgan fingerprint density at radius 1 is 1.00 bits per heavy atom. The van der Waals surface area contributed by atoms with E-state index >= 15 is 0 Å². The van der Waals surface area contributed by atoms with Crippen LogP contribution in [0.1, 0.15) is 15.9 Å². The van der Waals surface area contributed by atoms with Gasteiger partial charge in [0.1, 0.15) is 5.75 Å². The van der Waals surface area contributed by atoms with Crippen molar-refractivity contribution in [2.24, 2.45) is 0 Å². The second kappa shape index (κ2) is 7.98. The first-order valence-electron chi connectivity index (χ1n) is 9.10. The van der Waals surface area contributed by atoms with E-state index in [1.165, 1.54) is 0 Å². The molecule has 6 heteroatoms. The minimum atomic E-state index is -0.288. The van der Waals surface area contributed by atoms with Crippen LogP contribution in [0.15, 0.2) is 77.3 Å². The van der Waals surface area contributed by atoms with E-state index in [4.69, 9.17) is 9.26 Å². The van der Waals surface area contributed by atoms with Crippen molar-refractivity contribution >= 4 is 11.6 Å². The maximum Gasteiger partial charge on any atom is 0.259 e. The quantitative estimate of drug-likeness (QED) is 0.525. The van der Waals surface area contributed by atoms with Gasteiger partial charge in [-0.25, -0.2) is 0 Å². The molecular weight excluding hydrogens is 366 g/mol. The summed E-state index contributed by atoms with van der Waals surface area (Å²) in [5, 5.41) is 6.96. The highest BCUT2D eigenvalue weighted by Crippen LogP contribution is 2.29. The molecule has 0 radical (unpaired) electrons. The molecule has 0 aliphatic carbocycles. The Kier molecular flexibility index (Phi) is 5.07. The van der Waals surface area contributed by atoms with Crippen molar-refractivity contribution in [3.63, 3.8) is 0 Å². The Morgan fingerprint density at radius 2 is 1.76 bits per heavy atom. The zero-order chi connectivity index (χ0) is 20.2. The molecule has 0 atom stereocenters. The van der Waals surface area contributed by atoms with Gasteiger partial charge in [-0.05, 0) is 36.8 Å². The largest absolute Gasteiger partial charge is 0.495 e. The van der Waals surface area contributed by atoms with Gasteiger partial charge < -0.3 is 14.6 Å². The summed E-state index contributed by atoms with van der Waals surface area (Å²) >= 11 is 0. The van der Waals surface area contributed by atoms with E-state index in [9.17, 15) is 4.79 Å². The molecular formula is C23H19N3O3. The molecule has 0 bridgehead atoms. The third-order valence-corrected chi connectivity index (χ3v) is 4.46. The number of rotatable bonds is 5. The zero-order valence-corrected chi connectivity index (χ0v) is 16.0. The fourth-order valence-electron chi connectivity index (χ4n) is 3.01. The predicted octanol–water partition coefficient (Wildman–Crippen LogP) is 4.97. The number of ether oxygens (including phenoxy) is 1. The number of hydrogen-bond acceptors (Lipinski definition) is 5. The maximum atomic E-state index is 13.0. The van der Waals surface area contributed by atoms with Crippen LogP contribution in [0.2, 0.25) is 0 Å². The van der Waals surface area contributed by atoms with Crippen LogP contribution in [0.5, 0.6) is 5.75 Å². The number of amides is 1. The summed E-state index contributed by atoms with van der Waals surface area (Å²) in [5.41, 5.74) is 3.45. The molecule has 4 rings (SSSR count). The molecule has 0 saturated heterocycles. The van der Waals surface area contributed by atoms with E-state index < -0.39 is 0 Å². The number of benzene rings is 3. The molecule has 4 aromatic rings. The number of hydrogen-bond donors (Lipinski definition) is 1. The average molecular weight is 385 g/mol. The minimum Gasteiger partial charge on any atom is -0.495 e. The highest BCUT2D eigenvalue weighted by molar-refractivity contribution is 6.08. The monoisotopic (exact) mass is 385 g/mol. The van der Waals surface area contributed by atoms with Crippen LogP contribution in [0.25, 0.3) is 22.8 Å². The van der Waals surface area contributed by atoms with Gasteiger partial charge in [0.05, 0.1) is 23.9 Å². The standard InChI is InChI=1S/C23H19N3O3/c1-15-12-13-20(28-2)19(14-15)24-22(27)17-10-6-7-11-18(17)23-25-21(26-29-23)16-8-4-3-5-9-16/h3-14H,1-2H3,(H,24,27). The van der Waals surface area contributed by atoms with Crippen molar-refractivity contribution in [1.82, 2.24) is 10.1 Å². The predicted molar refractivity (Wildman–Crippen MR) is 111 cm³/mol. The molecule has 0 fully saturated rings. The van der Waals surface area contributed by atoms with Gasteiger partial charge in [-0.3, -0.25) is 4.79 Å². The third-order valence-electron chi connectivity index (χ3n) is 4.46. The summed E-state index contributed by atoms with van der Waals surface area (Å²) in [6.45, 7) is 1.95. The van der Waals surface area contributed by atoms with E-state index in [2.05, 4.69) is 15.5 Å². The van der Waals surface area contributed by atoms with E-state index in [-0.39, 0.29) is 11.8 Å². The van der Waals surface area contributed by atoms with Gasteiger partial charge in [0.25, 0.3) is 11.8 Å². The fourth-order valence-corrected chi connectivity index (χ4v) is 3.01. The third kappa shape index (κ3) is 3.87. The smallest absolute Gasteiger partial charge is 0.259 e. The lowest BCUT2D eigenvalue weighted by atomic mass is 10.1. The Hall–Kier alpha value is -3.93. The van der Waals surface area contributed by atoms with Crippen molar-refractivity contribution in [2.45, 2.75) is 6.92 Å². The van der Waals surface area contributed by atoms with Gasteiger partial charge in [-0.2, -0.15) is 4.98 Å². The van der Waals surface area contributed by atoms with E-state index in [1.807, 2.05) is 61.5 Å². The first kappa shape index (κ1) is 18.4. The maximum absolute atomic E-state index is 13.0. The lowest BCUT2D eigenvalue weighted by Gasteiger charge is -2.12. The normalized spacial score (nSPS) is 10.6. The van der Waals surface area contributed by atoms with E-state index in [0.717, 1.165) is 11.1 Å². The van der Waals surface area contributed by atoms with Gasteiger partial charge in [-0.15, -0.1) is 0 Å². The Morgan fingerprint density at radius 3 is 2.55 bits per heavy atom. The molecule has 0 spiro atoms. The number of aryl methyl sites for hydroxylation is 1. The molecule has 1 amide bonds. The van der Waals surface area contributed by atoms with Gasteiger partial charge >= 0.3 is 0 Å². The van der Waals surface area contributed by atoms with Gasteiger partial charge in [0, 0.05) is 5.56 Å². The summed E-state index contributed by atoms with van der Waals surface area (Å²) in [6.07, 6.45) is 0. The number of carbonyl (C=O) groups is 1. The molecule has 29 heavy (non-hydrogen) atoms. The molecule has 6 nitrogen and oxygen atoms in total. The fraction of sp³-hybridized carbons (Fsp3) is 0.0870. The molecule has 3 aromatic carbocycles. The van der Waals surface area contributed by atoms with Crippen molar-refractivity contribution in [1.29, 1.82) is 0 Å². The first-order chi connectivity index (χ1) is 14.2. The van der Waals surface area contributed by atoms with Crippen LogP contribution < -0.4 is 10.1 Å². The first-order valence-corrected chi connectivity index (χ1v) is 9.10. The summed E-state index contributed by atoms with van der Waals surface area (Å²) in [5.74, 6) is 1.05. The van der Waals surface area contributed by atoms with Crippen LogP contribution in [-0.2, 0) is 0 Å². The number of aromatic nitrogens is 2. The lowest BCUT2D eigenvalue weighted by molar-refractivity contribution is 0.102. The van der Waals surface area contributed by atoms with Crippen molar-refractivity contribution in [2.75, 3.05) is 12.4 Å². The van der Waals surface area contributed by atoms with Crippen molar-refractivity contribution in [3.8, 4) is 28.6 Å². The second-order valence-corrected chi connectivity index (χ2v) is 6.49. The molecule has 1 N–H and O–H groups in total. The Labute approximate surface area is 168 Å². The minimum absolute atomic E-state index is 0.283. The van der Waals surface area contributed by atoms with Crippen LogP contribution in [0, 0.1) is 6.92 Å². The molecule has 0 aliphatic heterocycles. The van der Waals surface area contributed by atoms with Crippen LogP contribution >= 0.6 is 0 Å². The topological polar surface area (TPSA) is 77.2 Å². The highest BCUT2D eigenvalue weighted by atomic mass is 16.5. The Balaban J connectivity index is 1.67. The Bertz CT molecular complexity index is 1150. The van der Waals surface area contributed by atoms with Crippen molar-refractivity contribution < 1.29 is 14.1 Å². The average Bonchev–Trinajstić information content (AvgIpc) is 3.25. The van der Waals surface area contributed by atoms with Gasteiger partial charge in [0.15, 0.2) is 0 Å². The van der Waals surface area contributed by atoms with Gasteiger partial charge in [-0.1, -0.05) is 53.7 Å². The van der Waals surface area contributed by atoms with Crippen LogP contribution in [0.3, 0.4) is 0 Å². The highest BCUT2D eigenvalue weighted by Gasteiger charge is 2.19. The summed E-state index contributed by atoms with van der Waals surface area (Å²) in [7, 11) is 1.57. The number of carbonyl (C=O) groups excluding carboxylic acids is 1. The molecule has 0 saturated carbocycles. The number of nitrogens with zero attached hydrogens (tertiary/aromatic N) is 2. The lowest BCUT2D eigenvalue weighted by Crippen LogP contribution is -2.14. The van der Waals surface area contributed by atoms with E-state index in [1.54, 1.807) is 25.3 Å². The second-order valence-electron chi connectivity index (χ2n) is 6.49. The molecule has 144 valence electrons. The van der Waals surface area contributed by atoms with E-state index in [0.29, 0.717) is 28.4 Å². The number of methoxy groups -OCH3 is 1. The van der Waals surface area contributed by atoms with Crippen molar-refractivity contribution in [3.05, 3.63) is 83.9 Å². The van der Waals surface area contributed by atoms with Crippen LogP contribution in [0.4, 0.5) is 5.69 Å². The zero-order valence-electron chi connectivity index (χ0n) is 16.0. The SMILES string of the molecule is COc1ccc(C)cc1NC(=O)c1ccccc1-c1nc(-c2ccccc2)no1. The van der Waals surface area contributed by atoms with Gasteiger partial charge in [0.2, 0.25) is 5.82 Å². The summed E-state index contributed by atoms with van der Waals surface area (Å²) in [4.78, 5) is 17.5. The number of nitrogens with one attached hydrogen (secondary N) is 1. The van der Waals surface area contributed by atoms with Crippen LogP contribution in [-0.4, -0.2) is 23.2 Å².